The van der Waals surface area contributed by atoms with E-state index in [-0.39, 0.29) is 11.9 Å². The molecule has 1 heterocycles. The molecule has 3 rings (SSSR count). The number of halogens is 1. The molecule has 2 atom stereocenters. The minimum Gasteiger partial charge on any atom is -0.302 e. The Morgan fingerprint density at radius 2 is 1.95 bits per heavy atom. The van der Waals surface area contributed by atoms with E-state index in [0.717, 1.165) is 11.5 Å². The lowest BCUT2D eigenvalue weighted by atomic mass is 10.0. The van der Waals surface area contributed by atoms with Crippen molar-refractivity contribution in [2.24, 2.45) is 5.92 Å². The highest BCUT2D eigenvalue weighted by Crippen LogP contribution is 2.43. The van der Waals surface area contributed by atoms with Crippen LogP contribution in [0.4, 0.5) is 4.39 Å². The molecule has 0 aliphatic heterocycles. The molecule has 1 fully saturated rings. The minimum absolute atomic E-state index is 0.173. The Bertz CT molecular complexity index is 516. The molecule has 0 spiro atoms. The Kier molecular flexibility index (Phi) is 3.67. The van der Waals surface area contributed by atoms with E-state index in [1.165, 1.54) is 29.9 Å². The summed E-state index contributed by atoms with van der Waals surface area (Å²) in [5.74, 6) is 0.592. The van der Waals surface area contributed by atoms with Crippen LogP contribution in [0, 0.1) is 11.7 Å². The first-order chi connectivity index (χ1) is 9.24. The van der Waals surface area contributed by atoms with Gasteiger partial charge < -0.3 is 5.32 Å². The zero-order chi connectivity index (χ0) is 13.2. The quantitative estimate of drug-likeness (QED) is 0.834. The fourth-order valence-corrected chi connectivity index (χ4v) is 3.34. The van der Waals surface area contributed by atoms with Gasteiger partial charge in [-0.2, -0.15) is 0 Å². The summed E-state index contributed by atoms with van der Waals surface area (Å²) in [5.41, 5.74) is 1.14. The highest BCUT2D eigenvalue weighted by molar-refractivity contribution is 7.10. The maximum Gasteiger partial charge on any atom is 0.123 e. The van der Waals surface area contributed by atoms with Crippen molar-refractivity contribution < 1.29 is 4.39 Å². The summed E-state index contributed by atoms with van der Waals surface area (Å²) < 4.78 is 13.0. The van der Waals surface area contributed by atoms with Crippen LogP contribution in [0.15, 0.2) is 41.8 Å². The molecule has 1 aliphatic carbocycles. The van der Waals surface area contributed by atoms with Crippen molar-refractivity contribution in [3.63, 3.8) is 0 Å². The lowest BCUT2D eigenvalue weighted by Gasteiger charge is -2.22. The van der Waals surface area contributed by atoms with Crippen LogP contribution in [0.2, 0.25) is 0 Å². The van der Waals surface area contributed by atoms with Crippen molar-refractivity contribution in [2.75, 3.05) is 0 Å². The minimum atomic E-state index is -0.173. The van der Waals surface area contributed by atoms with E-state index in [4.69, 9.17) is 0 Å². The van der Waals surface area contributed by atoms with E-state index in [9.17, 15) is 4.39 Å². The zero-order valence-corrected chi connectivity index (χ0v) is 11.8. The normalized spacial score (nSPS) is 18.2. The van der Waals surface area contributed by atoms with Crippen LogP contribution in [0.3, 0.4) is 0 Å². The van der Waals surface area contributed by atoms with Gasteiger partial charge in [-0.25, -0.2) is 4.39 Å². The number of hydrogen-bond acceptors (Lipinski definition) is 2. The van der Waals surface area contributed by atoms with Gasteiger partial charge in [0.1, 0.15) is 5.82 Å². The van der Waals surface area contributed by atoms with Crippen LogP contribution >= 0.6 is 11.3 Å². The molecule has 0 amide bonds. The van der Waals surface area contributed by atoms with Crippen molar-refractivity contribution in [3.8, 4) is 0 Å². The second-order valence-electron chi connectivity index (χ2n) is 5.27. The second kappa shape index (κ2) is 5.43. The first-order valence-electron chi connectivity index (χ1n) is 6.79. The highest BCUT2D eigenvalue weighted by atomic mass is 32.1. The molecule has 1 aromatic carbocycles. The van der Waals surface area contributed by atoms with E-state index < -0.39 is 0 Å². The number of benzene rings is 1. The van der Waals surface area contributed by atoms with Crippen molar-refractivity contribution in [2.45, 2.75) is 31.8 Å². The summed E-state index contributed by atoms with van der Waals surface area (Å²) in [6.07, 6.45) is 2.62. The Balaban J connectivity index is 1.73. The van der Waals surface area contributed by atoms with Crippen molar-refractivity contribution in [1.29, 1.82) is 0 Å². The average Bonchev–Trinajstić information content (AvgIpc) is 3.11. The van der Waals surface area contributed by atoms with Gasteiger partial charge in [-0.15, -0.1) is 11.3 Å². The number of rotatable bonds is 5. The molecule has 0 radical (unpaired) electrons. The molecule has 100 valence electrons. The first-order valence-corrected chi connectivity index (χ1v) is 7.67. The van der Waals surface area contributed by atoms with Gasteiger partial charge in [0.25, 0.3) is 0 Å². The van der Waals surface area contributed by atoms with Gasteiger partial charge in [0, 0.05) is 17.0 Å². The average molecular weight is 275 g/mol. The third-order valence-electron chi connectivity index (χ3n) is 3.74. The van der Waals surface area contributed by atoms with Crippen LogP contribution in [0.5, 0.6) is 0 Å². The maximum atomic E-state index is 13.0. The van der Waals surface area contributed by atoms with Gasteiger partial charge in [-0.1, -0.05) is 18.2 Å². The van der Waals surface area contributed by atoms with Crippen LogP contribution in [0.1, 0.15) is 42.3 Å². The van der Waals surface area contributed by atoms with Gasteiger partial charge in [0.05, 0.1) is 0 Å². The predicted octanol–water partition coefficient (Wildman–Crippen LogP) is 4.69. The van der Waals surface area contributed by atoms with E-state index in [1.54, 1.807) is 0 Å². The molecule has 1 aliphatic rings. The fourth-order valence-electron chi connectivity index (χ4n) is 2.47. The summed E-state index contributed by atoms with van der Waals surface area (Å²) in [5, 5.41) is 5.84. The molecular formula is C16H18FNS. The number of hydrogen-bond donors (Lipinski definition) is 1. The van der Waals surface area contributed by atoms with Crippen molar-refractivity contribution >= 4 is 11.3 Å². The van der Waals surface area contributed by atoms with E-state index in [2.05, 4.69) is 29.8 Å². The van der Waals surface area contributed by atoms with Crippen LogP contribution in [0.25, 0.3) is 0 Å². The Labute approximate surface area is 117 Å². The number of nitrogens with one attached hydrogen (secondary N) is 1. The molecule has 1 aromatic heterocycles. The third-order valence-corrected chi connectivity index (χ3v) is 4.70. The molecule has 1 nitrogen and oxygen atoms in total. The maximum absolute atomic E-state index is 13.0. The predicted molar refractivity (Wildman–Crippen MR) is 77.7 cm³/mol. The monoisotopic (exact) mass is 275 g/mol. The molecule has 0 bridgehead atoms. The summed E-state index contributed by atoms with van der Waals surface area (Å²) in [6, 6.07) is 11.8. The zero-order valence-electron chi connectivity index (χ0n) is 11.0. The standard InChI is InChI=1S/C16H18FNS/c1-11(12-6-8-14(17)9-7-12)18-16(13-4-5-13)15-3-2-10-19-15/h2-3,6-11,13,16,18H,4-5H2,1H3/t11-,16?/m1/s1. The molecule has 1 N–H and O–H groups in total. The third kappa shape index (κ3) is 3.04. The second-order valence-corrected chi connectivity index (χ2v) is 6.25. The molecule has 1 unspecified atom stereocenters. The summed E-state index contributed by atoms with van der Waals surface area (Å²) in [6.45, 7) is 2.15. The number of thiophene rings is 1. The SMILES string of the molecule is C[C@@H](NC(c1cccs1)C1CC1)c1ccc(F)cc1. The summed E-state index contributed by atoms with van der Waals surface area (Å²) in [7, 11) is 0. The van der Waals surface area contributed by atoms with Crippen LogP contribution < -0.4 is 5.32 Å². The Morgan fingerprint density at radius 1 is 1.21 bits per heavy atom. The Hall–Kier alpha value is -1.19. The van der Waals surface area contributed by atoms with Gasteiger partial charge in [0.2, 0.25) is 0 Å². The lowest BCUT2D eigenvalue weighted by Crippen LogP contribution is -2.25. The molecule has 0 saturated heterocycles. The smallest absolute Gasteiger partial charge is 0.123 e. The topological polar surface area (TPSA) is 12.0 Å². The first kappa shape index (κ1) is 12.8. The lowest BCUT2D eigenvalue weighted by molar-refractivity contribution is 0.432. The van der Waals surface area contributed by atoms with Gasteiger partial charge in [-0.05, 0) is 54.8 Å². The van der Waals surface area contributed by atoms with Crippen LogP contribution in [-0.4, -0.2) is 0 Å². The summed E-state index contributed by atoms with van der Waals surface area (Å²) in [4.78, 5) is 1.41. The van der Waals surface area contributed by atoms with E-state index in [0.29, 0.717) is 6.04 Å². The van der Waals surface area contributed by atoms with Gasteiger partial charge in [-0.3, -0.25) is 0 Å². The van der Waals surface area contributed by atoms with Crippen molar-refractivity contribution in [3.05, 3.63) is 58.0 Å². The highest BCUT2D eigenvalue weighted by Gasteiger charge is 2.33. The van der Waals surface area contributed by atoms with E-state index >= 15 is 0 Å². The van der Waals surface area contributed by atoms with E-state index in [1.807, 2.05) is 23.5 Å². The molecule has 1 saturated carbocycles. The summed E-state index contributed by atoms with van der Waals surface area (Å²) >= 11 is 1.82. The molecule has 2 aromatic rings. The van der Waals surface area contributed by atoms with Crippen LogP contribution in [-0.2, 0) is 0 Å². The Morgan fingerprint density at radius 3 is 2.53 bits per heavy atom. The molecule has 19 heavy (non-hydrogen) atoms. The van der Waals surface area contributed by atoms with Gasteiger partial charge >= 0.3 is 0 Å². The van der Waals surface area contributed by atoms with Crippen molar-refractivity contribution in [1.82, 2.24) is 5.32 Å². The molecule has 3 heteroatoms. The largest absolute Gasteiger partial charge is 0.302 e. The molecular weight excluding hydrogens is 257 g/mol. The fraction of sp³-hybridized carbons (Fsp3) is 0.375. The van der Waals surface area contributed by atoms with Gasteiger partial charge in [0.15, 0.2) is 0 Å².